The molecular weight excluding hydrogens is 544 g/mol. The molecular formula is C34H34N4O5. The number of nitrogens with zero attached hydrogens (tertiary/aromatic N) is 3. The normalized spacial score (nSPS) is 24.3. The number of allylic oxidation sites excluding steroid dienone is 12. The molecule has 9 heteroatoms. The van der Waals surface area contributed by atoms with Gasteiger partial charge in [0.1, 0.15) is 5.76 Å². The fourth-order valence-electron chi connectivity index (χ4n) is 6.87. The number of hydrogen-bond donors (Lipinski definition) is 2. The number of esters is 1. The molecule has 1 saturated heterocycles. The quantitative estimate of drug-likeness (QED) is 0.422. The molecule has 6 aliphatic rings. The standard InChI is InChI=1S/C34H34N4O5/c1-14-20(8-9-29(42)43-7)33-21-10-28(41)32-17(4)25(38-34(21)32)13-27-31(19(6)40)16(3)24(36-27)12-26-30(18(5)39)15(2)23(35-26)11-22(14)37-33/h11-14,20,37,41H,8-10H2,1-7H3/t14-,20-/m0/s1. The van der Waals surface area contributed by atoms with Crippen LogP contribution in [0.2, 0.25) is 0 Å². The summed E-state index contributed by atoms with van der Waals surface area (Å²) in [4.78, 5) is 52.6. The third-order valence-corrected chi connectivity index (χ3v) is 9.16. The van der Waals surface area contributed by atoms with Gasteiger partial charge in [-0.15, -0.1) is 0 Å². The smallest absolute Gasteiger partial charge is 0.305 e. The summed E-state index contributed by atoms with van der Waals surface area (Å²) < 4.78 is 4.94. The molecule has 43 heavy (non-hydrogen) atoms. The second-order valence-electron chi connectivity index (χ2n) is 11.8. The Morgan fingerprint density at radius 1 is 0.930 bits per heavy atom. The number of Topliss-reactive ketones (excluding diaryl/α,β-unsaturated/α-hetero) is 2. The molecule has 0 aromatic carbocycles. The Morgan fingerprint density at radius 2 is 1.53 bits per heavy atom. The van der Waals surface area contributed by atoms with Gasteiger partial charge in [0.25, 0.3) is 0 Å². The maximum Gasteiger partial charge on any atom is 0.305 e. The Bertz CT molecular complexity index is 1810. The number of rotatable bonds is 5. The van der Waals surface area contributed by atoms with Gasteiger partial charge >= 0.3 is 5.97 Å². The molecule has 0 amide bonds. The van der Waals surface area contributed by atoms with E-state index in [1.807, 2.05) is 26.8 Å². The molecule has 2 atom stereocenters. The first-order chi connectivity index (χ1) is 20.4. The van der Waals surface area contributed by atoms with Crippen LogP contribution in [0.3, 0.4) is 0 Å². The zero-order chi connectivity index (χ0) is 30.9. The van der Waals surface area contributed by atoms with Crippen molar-refractivity contribution in [1.82, 2.24) is 5.32 Å². The summed E-state index contributed by atoms with van der Waals surface area (Å²) in [5.41, 5.74) is 10.1. The van der Waals surface area contributed by atoms with Gasteiger partial charge < -0.3 is 15.2 Å². The van der Waals surface area contributed by atoms with Crippen molar-refractivity contribution in [2.45, 2.75) is 60.8 Å². The minimum atomic E-state index is -0.286. The summed E-state index contributed by atoms with van der Waals surface area (Å²) >= 11 is 0. The molecule has 0 radical (unpaired) electrons. The zero-order valence-electron chi connectivity index (χ0n) is 25.4. The number of ketones is 2. The van der Waals surface area contributed by atoms with Crippen molar-refractivity contribution in [2.24, 2.45) is 26.8 Å². The van der Waals surface area contributed by atoms with E-state index in [1.54, 1.807) is 12.2 Å². The van der Waals surface area contributed by atoms with Gasteiger partial charge in [0, 0.05) is 58.4 Å². The lowest BCUT2D eigenvalue weighted by atomic mass is 9.86. The van der Waals surface area contributed by atoms with Crippen LogP contribution in [0.25, 0.3) is 0 Å². The van der Waals surface area contributed by atoms with E-state index >= 15 is 0 Å². The number of ether oxygens (including phenoxy) is 1. The average molecular weight is 579 g/mol. The fraction of sp³-hybridized carbons (Fsp3) is 0.353. The lowest BCUT2D eigenvalue weighted by Gasteiger charge is -2.17. The predicted octanol–water partition coefficient (Wildman–Crippen LogP) is 5.38. The molecule has 0 aromatic heterocycles. The Morgan fingerprint density at radius 3 is 2.14 bits per heavy atom. The summed E-state index contributed by atoms with van der Waals surface area (Å²) in [6.07, 6.45) is 6.63. The van der Waals surface area contributed by atoms with Crippen LogP contribution in [-0.4, -0.2) is 46.9 Å². The number of carbonyl (C=O) groups is 3. The minimum Gasteiger partial charge on any atom is -0.511 e. The van der Waals surface area contributed by atoms with E-state index in [4.69, 9.17) is 19.7 Å². The number of aliphatic hydroxyl groups is 1. The van der Waals surface area contributed by atoms with Gasteiger partial charge in [-0.2, -0.15) is 0 Å². The lowest BCUT2D eigenvalue weighted by molar-refractivity contribution is -0.140. The zero-order valence-corrected chi connectivity index (χ0v) is 25.4. The Balaban J connectivity index is 1.62. The summed E-state index contributed by atoms with van der Waals surface area (Å²) in [5.74, 6) is -0.375. The monoisotopic (exact) mass is 578 g/mol. The van der Waals surface area contributed by atoms with E-state index in [9.17, 15) is 19.5 Å². The summed E-state index contributed by atoms with van der Waals surface area (Å²) in [6, 6.07) is 0. The molecule has 0 saturated carbocycles. The summed E-state index contributed by atoms with van der Waals surface area (Å²) in [7, 11) is 1.38. The van der Waals surface area contributed by atoms with Crippen molar-refractivity contribution in [3.8, 4) is 0 Å². The highest BCUT2D eigenvalue weighted by Gasteiger charge is 2.41. The van der Waals surface area contributed by atoms with Crippen LogP contribution in [0.5, 0.6) is 0 Å². The SMILES string of the molecule is COC(=O)CC[C@@H]1C2=C3CC(O)=C4C3=NC(=C4C)C=C3N=C(C=C4N=C(C=C(N2)[C@H]1C)C(C)=C4C(C)=O)C(C)=C3C(C)=O. The van der Waals surface area contributed by atoms with Crippen LogP contribution in [0, 0.1) is 11.8 Å². The number of aliphatic hydroxyl groups excluding tert-OH is 1. The molecule has 8 bridgehead atoms. The van der Waals surface area contributed by atoms with Gasteiger partial charge in [-0.25, -0.2) is 15.0 Å². The molecule has 1 aliphatic carbocycles. The first kappa shape index (κ1) is 28.5. The van der Waals surface area contributed by atoms with Gasteiger partial charge in [0.2, 0.25) is 0 Å². The number of aliphatic imine (C=N–C) groups is 3. The third-order valence-electron chi connectivity index (χ3n) is 9.16. The summed E-state index contributed by atoms with van der Waals surface area (Å²) in [6.45, 7) is 10.8. The Kier molecular flexibility index (Phi) is 6.79. The minimum absolute atomic E-state index is 0.0142. The molecule has 9 nitrogen and oxygen atoms in total. The van der Waals surface area contributed by atoms with Crippen molar-refractivity contribution >= 4 is 34.7 Å². The van der Waals surface area contributed by atoms with E-state index in [-0.39, 0.29) is 41.6 Å². The van der Waals surface area contributed by atoms with Crippen molar-refractivity contribution in [3.05, 3.63) is 91.5 Å². The number of hydrogen-bond acceptors (Lipinski definition) is 9. The van der Waals surface area contributed by atoms with Gasteiger partial charge in [-0.05, 0) is 76.0 Å². The van der Waals surface area contributed by atoms with E-state index in [2.05, 4.69) is 12.2 Å². The third kappa shape index (κ3) is 4.45. The van der Waals surface area contributed by atoms with E-state index in [0.717, 1.165) is 28.1 Å². The summed E-state index contributed by atoms with van der Waals surface area (Å²) in [5, 5.41) is 14.8. The number of carbonyl (C=O) groups excluding carboxylic acids is 3. The number of fused-ring (bicyclic) bond motifs is 5. The highest BCUT2D eigenvalue weighted by molar-refractivity contribution is 6.23. The van der Waals surface area contributed by atoms with E-state index in [1.165, 1.54) is 21.0 Å². The molecule has 5 heterocycles. The lowest BCUT2D eigenvalue weighted by Crippen LogP contribution is -2.16. The number of methoxy groups -OCH3 is 1. The topological polar surface area (TPSA) is 130 Å². The van der Waals surface area contributed by atoms with Crippen LogP contribution in [-0.2, 0) is 19.1 Å². The fourth-order valence-corrected chi connectivity index (χ4v) is 6.87. The van der Waals surface area contributed by atoms with Crippen LogP contribution in [0.1, 0.15) is 60.8 Å². The van der Waals surface area contributed by atoms with E-state index < -0.39 is 0 Å². The second kappa shape index (κ2) is 10.3. The van der Waals surface area contributed by atoms with Crippen molar-refractivity contribution in [3.63, 3.8) is 0 Å². The molecule has 0 spiro atoms. The molecule has 0 unspecified atom stereocenters. The maximum absolute atomic E-state index is 12.9. The first-order valence-electron chi connectivity index (χ1n) is 14.5. The highest BCUT2D eigenvalue weighted by atomic mass is 16.5. The Labute approximate surface area is 250 Å². The van der Waals surface area contributed by atoms with Gasteiger partial charge in [-0.1, -0.05) is 6.92 Å². The van der Waals surface area contributed by atoms with Gasteiger partial charge in [0.05, 0.1) is 41.3 Å². The average Bonchev–Trinajstić information content (AvgIpc) is 3.69. The predicted molar refractivity (Wildman–Crippen MR) is 164 cm³/mol. The maximum atomic E-state index is 12.9. The molecule has 220 valence electrons. The van der Waals surface area contributed by atoms with Crippen molar-refractivity contribution in [2.75, 3.05) is 7.11 Å². The van der Waals surface area contributed by atoms with E-state index in [0.29, 0.717) is 69.4 Å². The van der Waals surface area contributed by atoms with Gasteiger partial charge in [0.15, 0.2) is 11.6 Å². The first-order valence-corrected chi connectivity index (χ1v) is 14.5. The largest absolute Gasteiger partial charge is 0.511 e. The Hall–Kier alpha value is -4.66. The van der Waals surface area contributed by atoms with Gasteiger partial charge in [-0.3, -0.25) is 14.4 Å². The van der Waals surface area contributed by atoms with Crippen LogP contribution < -0.4 is 5.32 Å². The molecule has 0 aromatic rings. The van der Waals surface area contributed by atoms with Crippen LogP contribution >= 0.6 is 0 Å². The molecule has 1 fully saturated rings. The van der Waals surface area contributed by atoms with Crippen LogP contribution in [0.4, 0.5) is 0 Å². The molecule has 6 rings (SSSR count). The van der Waals surface area contributed by atoms with Crippen molar-refractivity contribution < 1.29 is 24.2 Å². The van der Waals surface area contributed by atoms with Crippen molar-refractivity contribution in [1.29, 1.82) is 0 Å². The molecule has 5 aliphatic heterocycles. The number of nitrogens with one attached hydrogen (secondary N) is 1. The highest BCUT2D eigenvalue weighted by Crippen LogP contribution is 2.46. The molecule has 2 N–H and O–H groups in total. The second-order valence-corrected chi connectivity index (χ2v) is 11.8. The van der Waals surface area contributed by atoms with Crippen LogP contribution in [0.15, 0.2) is 106 Å².